The zero-order chi connectivity index (χ0) is 23.4. The summed E-state index contributed by atoms with van der Waals surface area (Å²) >= 11 is 0. The highest BCUT2D eigenvalue weighted by atomic mass is 16.5. The average molecular weight is 449 g/mol. The lowest BCUT2D eigenvalue weighted by atomic mass is 9.84. The van der Waals surface area contributed by atoms with Crippen LogP contribution in [0.4, 0.5) is 0 Å². The second-order valence-corrected chi connectivity index (χ2v) is 10.2. The summed E-state index contributed by atoms with van der Waals surface area (Å²) < 4.78 is 8.86. The van der Waals surface area contributed by atoms with Gasteiger partial charge in [-0.1, -0.05) is 44.2 Å². The Balaban J connectivity index is 1.14. The molecule has 0 saturated heterocycles. The summed E-state index contributed by atoms with van der Waals surface area (Å²) in [5.74, 6) is 1.47. The van der Waals surface area contributed by atoms with Crippen molar-refractivity contribution in [2.24, 2.45) is 0 Å². The van der Waals surface area contributed by atoms with E-state index in [1.165, 1.54) is 56.0 Å². The molecule has 2 heterocycles. The molecule has 0 radical (unpaired) electrons. The SMILES string of the molecule is Cc1c(C)c2c(c(C)c1O)CC[C@@](C)(CCCCCCCCCn1cnc3ccccc31)O2. The molecule has 4 rings (SSSR count). The predicted molar refractivity (Wildman–Crippen MR) is 136 cm³/mol. The first-order valence-corrected chi connectivity index (χ1v) is 12.8. The van der Waals surface area contributed by atoms with Crippen LogP contribution in [0, 0.1) is 20.8 Å². The lowest BCUT2D eigenvalue weighted by molar-refractivity contribution is 0.0521. The molecule has 1 N–H and O–H groups in total. The Hall–Kier alpha value is -2.49. The van der Waals surface area contributed by atoms with Gasteiger partial charge in [-0.3, -0.25) is 0 Å². The number of rotatable bonds is 10. The summed E-state index contributed by atoms with van der Waals surface area (Å²) in [7, 11) is 0. The van der Waals surface area contributed by atoms with Gasteiger partial charge in [0, 0.05) is 12.1 Å². The Morgan fingerprint density at radius 2 is 1.64 bits per heavy atom. The minimum Gasteiger partial charge on any atom is -0.507 e. The molecule has 0 fully saturated rings. The van der Waals surface area contributed by atoms with Crippen molar-refractivity contribution >= 4 is 11.0 Å². The van der Waals surface area contributed by atoms with Crippen molar-refractivity contribution in [2.75, 3.05) is 0 Å². The van der Waals surface area contributed by atoms with Gasteiger partial charge in [0.25, 0.3) is 0 Å². The lowest BCUT2D eigenvalue weighted by Gasteiger charge is -2.38. The van der Waals surface area contributed by atoms with Gasteiger partial charge in [0.2, 0.25) is 0 Å². The van der Waals surface area contributed by atoms with E-state index in [1.807, 2.05) is 26.2 Å². The molecule has 178 valence electrons. The van der Waals surface area contributed by atoms with E-state index < -0.39 is 0 Å². The van der Waals surface area contributed by atoms with Crippen LogP contribution in [0.25, 0.3) is 11.0 Å². The Bertz CT molecular complexity index is 1100. The van der Waals surface area contributed by atoms with E-state index in [1.54, 1.807) is 0 Å². The number of aromatic hydroxyl groups is 1. The molecule has 4 heteroatoms. The van der Waals surface area contributed by atoms with Crippen molar-refractivity contribution < 1.29 is 9.84 Å². The number of aromatic nitrogens is 2. The van der Waals surface area contributed by atoms with Crippen LogP contribution in [0.5, 0.6) is 11.5 Å². The first-order valence-electron chi connectivity index (χ1n) is 12.8. The number of aryl methyl sites for hydroxylation is 1. The number of para-hydroxylation sites is 2. The van der Waals surface area contributed by atoms with Crippen LogP contribution in [-0.2, 0) is 13.0 Å². The first kappa shape index (κ1) is 23.7. The van der Waals surface area contributed by atoms with Crippen LogP contribution >= 0.6 is 0 Å². The maximum atomic E-state index is 10.4. The first-order chi connectivity index (χ1) is 15.9. The molecule has 0 bridgehead atoms. The van der Waals surface area contributed by atoms with Crippen LogP contribution in [-0.4, -0.2) is 20.3 Å². The summed E-state index contributed by atoms with van der Waals surface area (Å²) in [6, 6.07) is 8.38. The van der Waals surface area contributed by atoms with Crippen LogP contribution in [0.15, 0.2) is 30.6 Å². The minimum absolute atomic E-state index is 0.0822. The number of hydrogen-bond acceptors (Lipinski definition) is 3. The fourth-order valence-corrected chi connectivity index (χ4v) is 5.32. The van der Waals surface area contributed by atoms with Crippen molar-refractivity contribution in [1.82, 2.24) is 9.55 Å². The lowest BCUT2D eigenvalue weighted by Crippen LogP contribution is -2.37. The second-order valence-electron chi connectivity index (χ2n) is 10.2. The van der Waals surface area contributed by atoms with Gasteiger partial charge >= 0.3 is 0 Å². The highest BCUT2D eigenvalue weighted by molar-refractivity contribution is 5.74. The zero-order valence-electron chi connectivity index (χ0n) is 20.9. The molecular weight excluding hydrogens is 408 g/mol. The third kappa shape index (κ3) is 5.20. The quantitative estimate of drug-likeness (QED) is 0.325. The smallest absolute Gasteiger partial charge is 0.127 e. The maximum Gasteiger partial charge on any atom is 0.127 e. The van der Waals surface area contributed by atoms with E-state index >= 15 is 0 Å². The van der Waals surface area contributed by atoms with Gasteiger partial charge < -0.3 is 14.4 Å². The van der Waals surface area contributed by atoms with Crippen molar-refractivity contribution in [1.29, 1.82) is 0 Å². The van der Waals surface area contributed by atoms with Gasteiger partial charge in [0.15, 0.2) is 0 Å². The average Bonchev–Trinajstić information content (AvgIpc) is 3.23. The fourth-order valence-electron chi connectivity index (χ4n) is 5.32. The molecule has 33 heavy (non-hydrogen) atoms. The van der Waals surface area contributed by atoms with Gasteiger partial charge in [-0.15, -0.1) is 0 Å². The monoisotopic (exact) mass is 448 g/mol. The summed E-state index contributed by atoms with van der Waals surface area (Å²) in [5.41, 5.74) is 6.51. The second kappa shape index (κ2) is 10.2. The van der Waals surface area contributed by atoms with Crippen LogP contribution < -0.4 is 4.74 Å². The molecule has 1 aromatic heterocycles. The number of hydrogen-bond donors (Lipinski definition) is 1. The molecule has 1 aliphatic heterocycles. The number of unbranched alkanes of at least 4 members (excludes halogenated alkanes) is 6. The van der Waals surface area contributed by atoms with E-state index in [2.05, 4.69) is 41.6 Å². The Morgan fingerprint density at radius 1 is 0.939 bits per heavy atom. The molecular formula is C29H40N2O2. The summed E-state index contributed by atoms with van der Waals surface area (Å²) in [6.07, 6.45) is 14.1. The predicted octanol–water partition coefficient (Wildman–Crippen LogP) is 7.57. The van der Waals surface area contributed by atoms with E-state index in [-0.39, 0.29) is 5.60 Å². The number of fused-ring (bicyclic) bond motifs is 2. The number of phenolic OH excluding ortho intramolecular Hbond substituents is 1. The zero-order valence-corrected chi connectivity index (χ0v) is 20.9. The van der Waals surface area contributed by atoms with Gasteiger partial charge in [-0.25, -0.2) is 4.98 Å². The Morgan fingerprint density at radius 3 is 2.42 bits per heavy atom. The molecule has 4 nitrogen and oxygen atoms in total. The van der Waals surface area contributed by atoms with E-state index in [0.717, 1.165) is 53.8 Å². The summed E-state index contributed by atoms with van der Waals surface area (Å²) in [5, 5.41) is 10.4. The van der Waals surface area contributed by atoms with Crippen molar-refractivity contribution in [2.45, 2.75) is 104 Å². The third-order valence-electron chi connectivity index (χ3n) is 7.72. The van der Waals surface area contributed by atoms with E-state index in [0.29, 0.717) is 5.75 Å². The summed E-state index contributed by atoms with van der Waals surface area (Å²) in [6.45, 7) is 9.42. The topological polar surface area (TPSA) is 47.3 Å². The van der Waals surface area contributed by atoms with Crippen molar-refractivity contribution in [3.63, 3.8) is 0 Å². The molecule has 2 aromatic carbocycles. The number of imidazole rings is 1. The Labute approximate surface area is 199 Å². The van der Waals surface area contributed by atoms with Crippen LogP contribution in [0.2, 0.25) is 0 Å². The van der Waals surface area contributed by atoms with Gasteiger partial charge in [-0.05, 0) is 88.6 Å². The normalized spacial score (nSPS) is 17.8. The largest absolute Gasteiger partial charge is 0.507 e. The van der Waals surface area contributed by atoms with Crippen molar-refractivity contribution in [3.8, 4) is 11.5 Å². The van der Waals surface area contributed by atoms with Gasteiger partial charge in [0.1, 0.15) is 17.1 Å². The third-order valence-corrected chi connectivity index (χ3v) is 7.72. The number of ether oxygens (including phenoxy) is 1. The molecule has 0 aliphatic carbocycles. The number of nitrogens with zero attached hydrogens (tertiary/aromatic N) is 2. The van der Waals surface area contributed by atoms with E-state index in [4.69, 9.17) is 4.74 Å². The molecule has 1 atom stereocenters. The van der Waals surface area contributed by atoms with Crippen molar-refractivity contribution in [3.05, 3.63) is 52.8 Å². The highest BCUT2D eigenvalue weighted by Crippen LogP contribution is 2.44. The van der Waals surface area contributed by atoms with Gasteiger partial charge in [-0.2, -0.15) is 0 Å². The van der Waals surface area contributed by atoms with Crippen LogP contribution in [0.3, 0.4) is 0 Å². The molecule has 0 saturated carbocycles. The number of benzene rings is 2. The standard InChI is InChI=1S/C29H40N2O2/c1-21-22(2)28-24(23(3)27(21)32)16-18-29(4,33-28)17-12-8-6-5-7-9-13-19-31-20-30-25-14-10-11-15-26(25)31/h10-11,14-15,20,32H,5-9,12-13,16-19H2,1-4H3/t29-/m1/s1. The molecule has 0 amide bonds. The highest BCUT2D eigenvalue weighted by Gasteiger charge is 2.34. The van der Waals surface area contributed by atoms with E-state index in [9.17, 15) is 5.11 Å². The Kier molecular flexibility index (Phi) is 7.31. The van der Waals surface area contributed by atoms with Gasteiger partial charge in [0.05, 0.1) is 17.4 Å². The van der Waals surface area contributed by atoms with Crippen LogP contribution in [0.1, 0.15) is 87.0 Å². The maximum absolute atomic E-state index is 10.4. The molecule has 0 spiro atoms. The molecule has 3 aromatic rings. The number of phenols is 1. The molecule has 1 aliphatic rings. The fraction of sp³-hybridized carbons (Fsp3) is 0.552. The molecule has 0 unspecified atom stereocenters. The summed E-state index contributed by atoms with van der Waals surface area (Å²) in [4.78, 5) is 4.48. The minimum atomic E-state index is -0.0822.